The summed E-state index contributed by atoms with van der Waals surface area (Å²) in [5, 5.41) is 9.52. The Bertz CT molecular complexity index is 981. The monoisotopic (exact) mass is 397 g/mol. The average Bonchev–Trinajstić information content (AvgIpc) is 2.61. The van der Waals surface area contributed by atoms with Gasteiger partial charge in [-0.05, 0) is 48.5 Å². The molecule has 0 aliphatic heterocycles. The van der Waals surface area contributed by atoms with E-state index < -0.39 is 0 Å². The number of hydrogen-bond acceptors (Lipinski definition) is 4. The number of pyridine rings is 1. The van der Waals surface area contributed by atoms with Gasteiger partial charge in [-0.1, -0.05) is 15.9 Å². The minimum Gasteiger partial charge on any atom is -0.496 e. The van der Waals surface area contributed by atoms with E-state index in [0.29, 0.717) is 28.1 Å². The summed E-state index contributed by atoms with van der Waals surface area (Å²) in [6.07, 6.45) is 0. The molecule has 0 fully saturated rings. The van der Waals surface area contributed by atoms with Crippen LogP contribution in [-0.4, -0.2) is 12.1 Å². The molecule has 1 aromatic heterocycles. The van der Waals surface area contributed by atoms with E-state index in [1.807, 2.05) is 12.1 Å². The zero-order valence-electron chi connectivity index (χ0n) is 13.3. The van der Waals surface area contributed by atoms with Crippen molar-refractivity contribution in [1.29, 1.82) is 5.26 Å². The second kappa shape index (κ2) is 6.91. The summed E-state index contributed by atoms with van der Waals surface area (Å²) >= 11 is 3.43. The molecule has 0 atom stereocenters. The smallest absolute Gasteiger partial charge is 0.142 e. The van der Waals surface area contributed by atoms with Crippen molar-refractivity contribution in [3.63, 3.8) is 0 Å². The summed E-state index contributed by atoms with van der Waals surface area (Å²) in [5.74, 6) is 0.385. The molecular weight excluding hydrogens is 385 g/mol. The number of nitrogens with zero attached hydrogens (tertiary/aromatic N) is 2. The van der Waals surface area contributed by atoms with Gasteiger partial charge in [0, 0.05) is 21.2 Å². The molecule has 2 N–H and O–H groups in total. The minimum absolute atomic E-state index is 0.112. The third-order valence-electron chi connectivity index (χ3n) is 3.75. The molecule has 0 unspecified atom stereocenters. The molecule has 0 spiro atoms. The van der Waals surface area contributed by atoms with Crippen molar-refractivity contribution in [2.45, 2.75) is 0 Å². The molecule has 6 heteroatoms. The highest BCUT2D eigenvalue weighted by Gasteiger charge is 2.17. The molecule has 0 aliphatic rings. The van der Waals surface area contributed by atoms with Crippen LogP contribution in [0.2, 0.25) is 0 Å². The lowest BCUT2D eigenvalue weighted by Gasteiger charge is -2.13. The van der Waals surface area contributed by atoms with Crippen molar-refractivity contribution in [2.24, 2.45) is 0 Å². The number of nitriles is 1. The zero-order chi connectivity index (χ0) is 18.0. The van der Waals surface area contributed by atoms with Crippen molar-refractivity contribution in [3.8, 4) is 34.2 Å². The molecule has 2 aromatic carbocycles. The van der Waals surface area contributed by atoms with Crippen LogP contribution in [0.3, 0.4) is 0 Å². The third-order valence-corrected chi connectivity index (χ3v) is 4.24. The third kappa shape index (κ3) is 3.32. The zero-order valence-corrected chi connectivity index (χ0v) is 14.8. The van der Waals surface area contributed by atoms with Gasteiger partial charge < -0.3 is 10.5 Å². The standard InChI is InChI=1S/C19H13BrFN3O/c1-25-18-7-4-12(20)8-15(18)14-9-17(24-19(23)16(14)10-22)11-2-5-13(21)6-3-11/h2-9H,1H3,(H2,23,24). The molecule has 0 radical (unpaired) electrons. The van der Waals surface area contributed by atoms with Crippen molar-refractivity contribution in [2.75, 3.05) is 12.8 Å². The predicted molar refractivity (Wildman–Crippen MR) is 98.4 cm³/mol. The number of benzene rings is 2. The molecular formula is C19H13BrFN3O. The van der Waals surface area contributed by atoms with Crippen LogP contribution in [0.1, 0.15) is 5.56 Å². The molecule has 3 rings (SSSR count). The molecule has 3 aromatic rings. The van der Waals surface area contributed by atoms with Gasteiger partial charge in [0.2, 0.25) is 0 Å². The maximum absolute atomic E-state index is 13.2. The first-order valence-electron chi connectivity index (χ1n) is 7.34. The van der Waals surface area contributed by atoms with E-state index >= 15 is 0 Å². The quantitative estimate of drug-likeness (QED) is 0.689. The Balaban J connectivity index is 2.27. The minimum atomic E-state index is -0.334. The number of hydrogen-bond donors (Lipinski definition) is 1. The molecule has 0 aliphatic carbocycles. The lowest BCUT2D eigenvalue weighted by atomic mass is 9.97. The molecule has 0 saturated carbocycles. The van der Waals surface area contributed by atoms with Crippen LogP contribution in [0, 0.1) is 17.1 Å². The SMILES string of the molecule is COc1ccc(Br)cc1-c1cc(-c2ccc(F)cc2)nc(N)c1C#N. The number of halogens is 2. The molecule has 0 amide bonds. The van der Waals surface area contributed by atoms with E-state index in [0.717, 1.165) is 4.47 Å². The van der Waals surface area contributed by atoms with E-state index in [9.17, 15) is 9.65 Å². The first-order valence-corrected chi connectivity index (χ1v) is 8.13. The largest absolute Gasteiger partial charge is 0.496 e. The first-order chi connectivity index (χ1) is 12.0. The normalized spacial score (nSPS) is 10.3. The summed E-state index contributed by atoms with van der Waals surface area (Å²) in [5.41, 5.74) is 8.84. The van der Waals surface area contributed by atoms with Crippen LogP contribution >= 0.6 is 15.9 Å². The molecule has 0 saturated heterocycles. The Kier molecular flexibility index (Phi) is 4.68. The second-order valence-corrected chi connectivity index (χ2v) is 6.19. The number of anilines is 1. The van der Waals surface area contributed by atoms with Crippen LogP contribution in [0.15, 0.2) is 53.0 Å². The van der Waals surface area contributed by atoms with Gasteiger partial charge in [-0.25, -0.2) is 9.37 Å². The first kappa shape index (κ1) is 16.9. The molecule has 124 valence electrons. The Hall–Kier alpha value is -2.91. The maximum atomic E-state index is 13.2. The highest BCUT2D eigenvalue weighted by atomic mass is 79.9. The summed E-state index contributed by atoms with van der Waals surface area (Å²) in [6, 6.07) is 15.3. The Morgan fingerprint density at radius 3 is 2.48 bits per heavy atom. The van der Waals surface area contributed by atoms with Crippen molar-refractivity contribution >= 4 is 21.7 Å². The van der Waals surface area contributed by atoms with Gasteiger partial charge in [0.1, 0.15) is 29.0 Å². The Morgan fingerprint density at radius 1 is 1.12 bits per heavy atom. The van der Waals surface area contributed by atoms with Crippen LogP contribution in [0.25, 0.3) is 22.4 Å². The van der Waals surface area contributed by atoms with Crippen molar-refractivity contribution in [1.82, 2.24) is 4.98 Å². The van der Waals surface area contributed by atoms with Gasteiger partial charge in [0.25, 0.3) is 0 Å². The maximum Gasteiger partial charge on any atom is 0.142 e. The fourth-order valence-corrected chi connectivity index (χ4v) is 2.92. The van der Waals surface area contributed by atoms with Gasteiger partial charge in [-0.2, -0.15) is 5.26 Å². The lowest BCUT2D eigenvalue weighted by molar-refractivity contribution is 0.416. The molecule has 0 bridgehead atoms. The van der Waals surface area contributed by atoms with Gasteiger partial charge >= 0.3 is 0 Å². The van der Waals surface area contributed by atoms with E-state index in [1.54, 1.807) is 31.4 Å². The number of methoxy groups -OCH3 is 1. The molecule has 4 nitrogen and oxygen atoms in total. The predicted octanol–water partition coefficient (Wildman–Crippen LogP) is 4.78. The highest BCUT2D eigenvalue weighted by Crippen LogP contribution is 2.37. The summed E-state index contributed by atoms with van der Waals surface area (Å²) < 4.78 is 19.4. The van der Waals surface area contributed by atoms with Crippen LogP contribution in [-0.2, 0) is 0 Å². The lowest BCUT2D eigenvalue weighted by Crippen LogP contribution is -2.00. The van der Waals surface area contributed by atoms with E-state index in [-0.39, 0.29) is 17.2 Å². The number of rotatable bonds is 3. The number of nitrogens with two attached hydrogens (primary N) is 1. The fourth-order valence-electron chi connectivity index (χ4n) is 2.55. The molecule has 1 heterocycles. The van der Waals surface area contributed by atoms with Crippen molar-refractivity contribution in [3.05, 3.63) is 64.4 Å². The van der Waals surface area contributed by atoms with Crippen LogP contribution < -0.4 is 10.5 Å². The van der Waals surface area contributed by atoms with Gasteiger partial charge in [-0.15, -0.1) is 0 Å². The van der Waals surface area contributed by atoms with Crippen LogP contribution in [0.5, 0.6) is 5.75 Å². The Morgan fingerprint density at radius 2 is 1.84 bits per heavy atom. The van der Waals surface area contributed by atoms with E-state index in [4.69, 9.17) is 10.5 Å². The summed E-state index contributed by atoms with van der Waals surface area (Å²) in [4.78, 5) is 4.29. The average molecular weight is 398 g/mol. The van der Waals surface area contributed by atoms with E-state index in [1.165, 1.54) is 12.1 Å². The van der Waals surface area contributed by atoms with Gasteiger partial charge in [0.15, 0.2) is 0 Å². The summed E-state index contributed by atoms with van der Waals surface area (Å²) in [6.45, 7) is 0. The van der Waals surface area contributed by atoms with Gasteiger partial charge in [-0.3, -0.25) is 0 Å². The molecule has 25 heavy (non-hydrogen) atoms. The fraction of sp³-hybridized carbons (Fsp3) is 0.0526. The second-order valence-electron chi connectivity index (χ2n) is 5.28. The topological polar surface area (TPSA) is 71.9 Å². The van der Waals surface area contributed by atoms with Gasteiger partial charge in [0.05, 0.1) is 12.8 Å². The van der Waals surface area contributed by atoms with Crippen LogP contribution in [0.4, 0.5) is 10.2 Å². The number of ether oxygens (including phenoxy) is 1. The summed E-state index contributed by atoms with van der Waals surface area (Å²) in [7, 11) is 1.56. The number of nitrogen functional groups attached to an aromatic ring is 1. The number of aromatic nitrogens is 1. The highest BCUT2D eigenvalue weighted by molar-refractivity contribution is 9.10. The Labute approximate surface area is 152 Å². The van der Waals surface area contributed by atoms with Crippen molar-refractivity contribution < 1.29 is 9.13 Å². The van der Waals surface area contributed by atoms with E-state index in [2.05, 4.69) is 27.0 Å².